The van der Waals surface area contributed by atoms with Crippen molar-refractivity contribution in [3.8, 4) is 17.2 Å². The first-order valence-corrected chi connectivity index (χ1v) is 12.5. The predicted octanol–water partition coefficient (Wildman–Crippen LogP) is 2.55. The molecular formula is C23H22FN7O5S. The van der Waals surface area contributed by atoms with Crippen LogP contribution in [-0.2, 0) is 14.8 Å². The molecule has 2 aromatic heterocycles. The van der Waals surface area contributed by atoms with Crippen LogP contribution in [0.3, 0.4) is 0 Å². The van der Waals surface area contributed by atoms with Crippen molar-refractivity contribution in [3.05, 3.63) is 65.7 Å². The van der Waals surface area contributed by atoms with E-state index >= 15 is 0 Å². The van der Waals surface area contributed by atoms with Crippen LogP contribution < -0.4 is 9.46 Å². The van der Waals surface area contributed by atoms with Crippen LogP contribution in [0, 0.1) is 5.82 Å². The number of aliphatic imine (C=N–C) groups is 1. The summed E-state index contributed by atoms with van der Waals surface area (Å²) in [5.41, 5.74) is 5.94. The summed E-state index contributed by atoms with van der Waals surface area (Å²) in [5.74, 6) is -0.838. The van der Waals surface area contributed by atoms with Gasteiger partial charge < -0.3 is 14.6 Å². The van der Waals surface area contributed by atoms with E-state index in [1.54, 1.807) is 19.1 Å². The Labute approximate surface area is 211 Å². The maximum Gasteiger partial charge on any atom is 0.243 e. The second-order valence-electron chi connectivity index (χ2n) is 7.59. The third kappa shape index (κ3) is 5.27. The first-order valence-electron chi connectivity index (χ1n) is 10.9. The molecular weight excluding hydrogens is 505 g/mol. The number of halogens is 1. The number of sulfonamides is 1. The lowest BCUT2D eigenvalue weighted by Gasteiger charge is -2.23. The Morgan fingerprint density at radius 3 is 2.65 bits per heavy atom. The van der Waals surface area contributed by atoms with Crippen molar-refractivity contribution < 1.29 is 27.4 Å². The van der Waals surface area contributed by atoms with E-state index in [0.29, 0.717) is 5.57 Å². The molecule has 0 unspecified atom stereocenters. The number of ether oxygens (including phenoxy) is 2. The van der Waals surface area contributed by atoms with Crippen LogP contribution in [0.4, 0.5) is 10.3 Å². The van der Waals surface area contributed by atoms with Crippen molar-refractivity contribution in [2.24, 2.45) is 4.99 Å². The van der Waals surface area contributed by atoms with Gasteiger partial charge in [-0.3, -0.25) is 14.3 Å². The average Bonchev–Trinajstić information content (AvgIpc) is 3.30. The molecule has 12 nitrogen and oxygen atoms in total. The molecule has 2 atom stereocenters. The maximum absolute atomic E-state index is 13.5. The maximum atomic E-state index is 13.5. The van der Waals surface area contributed by atoms with E-state index in [1.165, 1.54) is 37.1 Å². The first-order chi connectivity index (χ1) is 17.8. The highest BCUT2D eigenvalue weighted by atomic mass is 32.2. The SMILES string of the molecule is CCO[C@H](c1ncc(F)cn1)[C@H](C)S(=O)(=O)Nc1nnc(C2=C=C=CN=C2)n1-c1c(O)cccc1OC. The minimum Gasteiger partial charge on any atom is -0.506 e. The van der Waals surface area contributed by atoms with E-state index in [-0.39, 0.29) is 41.4 Å². The Balaban J connectivity index is 1.81. The molecule has 3 aromatic rings. The van der Waals surface area contributed by atoms with Gasteiger partial charge in [-0.15, -0.1) is 10.2 Å². The van der Waals surface area contributed by atoms with Crippen LogP contribution in [0.25, 0.3) is 11.3 Å². The standard InChI is InChI=1S/C23H22FN7O5S/c1-4-36-20(21-26-12-16(24)13-27-21)14(2)37(33,34)30-23-29-28-22(15-7-6-10-25-11-15)31(23)19-17(32)8-5-9-18(19)35-3/h5,8-14,20,32H,4H2,1-3H3,(H,29,30)/t14-,20-/m0/s1. The molecule has 0 spiro atoms. The second-order valence-corrected chi connectivity index (χ2v) is 9.63. The van der Waals surface area contributed by atoms with Gasteiger partial charge in [-0.25, -0.2) is 22.8 Å². The molecule has 0 radical (unpaired) electrons. The number of aromatic hydroxyl groups is 1. The molecule has 0 fully saturated rings. The number of aromatic nitrogens is 5. The van der Waals surface area contributed by atoms with Crippen LogP contribution in [0.2, 0.25) is 0 Å². The summed E-state index contributed by atoms with van der Waals surface area (Å²) < 4.78 is 55.0. The van der Waals surface area contributed by atoms with Gasteiger partial charge in [0.25, 0.3) is 0 Å². The minimum atomic E-state index is -4.25. The van der Waals surface area contributed by atoms with Gasteiger partial charge in [-0.05, 0) is 31.7 Å². The van der Waals surface area contributed by atoms with Crippen molar-refractivity contribution in [3.63, 3.8) is 0 Å². The van der Waals surface area contributed by atoms with Gasteiger partial charge in [0.15, 0.2) is 17.5 Å². The van der Waals surface area contributed by atoms with Gasteiger partial charge in [0.05, 0.1) is 31.3 Å². The Morgan fingerprint density at radius 2 is 2.00 bits per heavy atom. The minimum absolute atomic E-state index is 0.00819. The summed E-state index contributed by atoms with van der Waals surface area (Å²) in [6.07, 6.45) is 3.55. The van der Waals surface area contributed by atoms with Crippen molar-refractivity contribution in [2.75, 3.05) is 18.4 Å². The zero-order valence-electron chi connectivity index (χ0n) is 20.0. The summed E-state index contributed by atoms with van der Waals surface area (Å²) >= 11 is 0. The number of methoxy groups -OCH3 is 1. The summed E-state index contributed by atoms with van der Waals surface area (Å²) in [6, 6.07) is 4.54. The molecule has 1 aliphatic rings. The molecule has 4 rings (SSSR count). The molecule has 0 saturated carbocycles. The van der Waals surface area contributed by atoms with Gasteiger partial charge in [0, 0.05) is 12.8 Å². The zero-order valence-corrected chi connectivity index (χ0v) is 20.8. The van der Waals surface area contributed by atoms with E-state index in [1.807, 2.05) is 0 Å². The van der Waals surface area contributed by atoms with E-state index in [2.05, 4.69) is 41.3 Å². The number of allylic oxidation sites excluding steroid dienone is 1. The molecule has 0 saturated heterocycles. The fourth-order valence-corrected chi connectivity index (χ4v) is 4.59. The third-order valence-electron chi connectivity index (χ3n) is 5.27. The van der Waals surface area contributed by atoms with E-state index in [0.717, 1.165) is 12.4 Å². The summed E-state index contributed by atoms with van der Waals surface area (Å²) in [7, 11) is -2.86. The molecule has 3 heterocycles. The summed E-state index contributed by atoms with van der Waals surface area (Å²) in [5, 5.41) is 17.6. The number of phenols is 1. The number of hydrogen-bond donors (Lipinski definition) is 2. The fraction of sp³-hybridized carbons (Fsp3) is 0.261. The van der Waals surface area contributed by atoms with Gasteiger partial charge in [0.2, 0.25) is 16.0 Å². The summed E-state index contributed by atoms with van der Waals surface area (Å²) in [6.45, 7) is 3.22. The monoisotopic (exact) mass is 527 g/mol. The van der Waals surface area contributed by atoms with Gasteiger partial charge in [-0.2, -0.15) is 0 Å². The Kier molecular flexibility index (Phi) is 7.46. The van der Waals surface area contributed by atoms with Crippen molar-refractivity contribution in [2.45, 2.75) is 25.2 Å². The van der Waals surface area contributed by atoms with Crippen LogP contribution >= 0.6 is 0 Å². The van der Waals surface area contributed by atoms with Gasteiger partial charge in [0.1, 0.15) is 28.5 Å². The first kappa shape index (κ1) is 25.7. The van der Waals surface area contributed by atoms with Crippen molar-refractivity contribution in [1.29, 1.82) is 0 Å². The van der Waals surface area contributed by atoms with Crippen LogP contribution in [0.5, 0.6) is 11.5 Å². The molecule has 1 aromatic carbocycles. The van der Waals surface area contributed by atoms with E-state index < -0.39 is 27.2 Å². The van der Waals surface area contributed by atoms with Gasteiger partial charge >= 0.3 is 0 Å². The number of benzene rings is 1. The van der Waals surface area contributed by atoms with E-state index in [4.69, 9.17) is 9.47 Å². The number of nitrogens with zero attached hydrogens (tertiary/aromatic N) is 6. The fourth-order valence-electron chi connectivity index (χ4n) is 3.49. The Hall–Kier alpha value is -4.35. The Morgan fingerprint density at radius 1 is 1.24 bits per heavy atom. The second kappa shape index (κ2) is 10.7. The smallest absolute Gasteiger partial charge is 0.243 e. The Bertz CT molecular complexity index is 1540. The largest absolute Gasteiger partial charge is 0.506 e. The molecule has 14 heteroatoms. The highest BCUT2D eigenvalue weighted by Crippen LogP contribution is 2.36. The molecule has 37 heavy (non-hydrogen) atoms. The third-order valence-corrected chi connectivity index (χ3v) is 6.96. The molecule has 2 N–H and O–H groups in total. The molecule has 0 aliphatic carbocycles. The normalized spacial score (nSPS) is 14.3. The lowest BCUT2D eigenvalue weighted by Crippen LogP contribution is -2.34. The topological polar surface area (TPSA) is 154 Å². The average molecular weight is 528 g/mol. The highest BCUT2D eigenvalue weighted by molar-refractivity contribution is 7.93. The lowest BCUT2D eigenvalue weighted by molar-refractivity contribution is 0.0556. The zero-order chi connectivity index (χ0) is 26.6. The number of para-hydroxylation sites is 1. The molecule has 0 amide bonds. The molecule has 0 bridgehead atoms. The molecule has 192 valence electrons. The molecule has 1 aliphatic heterocycles. The lowest BCUT2D eigenvalue weighted by atomic mass is 10.2. The van der Waals surface area contributed by atoms with Crippen LogP contribution in [0.1, 0.15) is 31.6 Å². The van der Waals surface area contributed by atoms with Crippen LogP contribution in [-0.4, -0.2) is 63.4 Å². The van der Waals surface area contributed by atoms with Crippen molar-refractivity contribution in [1.82, 2.24) is 24.7 Å². The number of anilines is 1. The van der Waals surface area contributed by atoms with Gasteiger partial charge in [-0.1, -0.05) is 11.8 Å². The number of phenolic OH excluding ortho intramolecular Hbond substituents is 1. The number of nitrogens with one attached hydrogen (secondary N) is 1. The summed E-state index contributed by atoms with van der Waals surface area (Å²) in [4.78, 5) is 11.8. The predicted molar refractivity (Wildman–Crippen MR) is 131 cm³/mol. The number of hydrogen-bond acceptors (Lipinski definition) is 10. The number of rotatable bonds is 10. The highest BCUT2D eigenvalue weighted by Gasteiger charge is 2.35. The van der Waals surface area contributed by atoms with Crippen molar-refractivity contribution >= 4 is 27.8 Å². The van der Waals surface area contributed by atoms with Crippen LogP contribution in [0.15, 0.2) is 53.2 Å². The quantitative estimate of drug-likeness (QED) is 0.379. The van der Waals surface area contributed by atoms with E-state index in [9.17, 15) is 17.9 Å².